The predicted octanol–water partition coefficient (Wildman–Crippen LogP) is 5.51. The van der Waals surface area contributed by atoms with Crippen LogP contribution in [0.1, 0.15) is 49.3 Å². The second-order valence-corrected chi connectivity index (χ2v) is 10.8. The first-order valence-corrected chi connectivity index (χ1v) is 13.6. The highest BCUT2D eigenvalue weighted by atomic mass is 19.1. The van der Waals surface area contributed by atoms with Gasteiger partial charge in [0.2, 0.25) is 5.89 Å². The Morgan fingerprint density at radius 2 is 1.90 bits per heavy atom. The number of hydrogen-bond donors (Lipinski definition) is 2. The summed E-state index contributed by atoms with van der Waals surface area (Å²) < 4.78 is 37.1. The number of nitrogens with one attached hydrogen (secondary N) is 1. The van der Waals surface area contributed by atoms with Crippen molar-refractivity contribution in [1.29, 1.82) is 0 Å². The molecule has 2 fully saturated rings. The highest BCUT2D eigenvalue weighted by Gasteiger charge is 2.28. The molecule has 204 valence electrons. The molecule has 2 saturated carbocycles. The zero-order valence-corrected chi connectivity index (χ0v) is 21.9. The molecule has 0 amide bonds. The van der Waals surface area contributed by atoms with Gasteiger partial charge in [-0.2, -0.15) is 0 Å². The van der Waals surface area contributed by atoms with Gasteiger partial charge in [-0.25, -0.2) is 18.7 Å². The van der Waals surface area contributed by atoms with Crippen LogP contribution in [0, 0.1) is 11.6 Å². The molecule has 0 spiro atoms. The number of hydrogen-bond acceptors (Lipinski definition) is 7. The van der Waals surface area contributed by atoms with E-state index in [1.165, 1.54) is 18.2 Å². The lowest BCUT2D eigenvalue weighted by Crippen LogP contribution is -2.35. The first-order chi connectivity index (χ1) is 19.4. The van der Waals surface area contributed by atoms with Crippen molar-refractivity contribution in [3.05, 3.63) is 71.7 Å². The minimum Gasteiger partial charge on any atom is -0.432 e. The summed E-state index contributed by atoms with van der Waals surface area (Å²) in [6.07, 6.45) is 5.92. The van der Waals surface area contributed by atoms with Crippen molar-refractivity contribution in [2.45, 2.75) is 56.7 Å². The molecule has 8 nitrogen and oxygen atoms in total. The van der Waals surface area contributed by atoms with Gasteiger partial charge >= 0.3 is 0 Å². The fourth-order valence-electron chi connectivity index (χ4n) is 5.57. The molecule has 3 heterocycles. The Balaban J connectivity index is 1.28. The average Bonchev–Trinajstić information content (AvgIpc) is 3.34. The number of rotatable bonds is 7. The summed E-state index contributed by atoms with van der Waals surface area (Å²) in [7, 11) is 1.81. The van der Waals surface area contributed by atoms with Crippen LogP contribution in [-0.2, 0) is 13.6 Å². The Hall–Kier alpha value is -4.02. The third-order valence-corrected chi connectivity index (χ3v) is 7.86. The van der Waals surface area contributed by atoms with Crippen LogP contribution >= 0.6 is 0 Å². The Labute approximate surface area is 229 Å². The van der Waals surface area contributed by atoms with E-state index in [9.17, 15) is 9.50 Å². The minimum absolute atomic E-state index is 0.0114. The number of aryl methyl sites for hydroxylation is 1. The van der Waals surface area contributed by atoms with Crippen molar-refractivity contribution in [3.63, 3.8) is 0 Å². The molecule has 2 N–H and O–H groups in total. The maximum atomic E-state index is 15.1. The highest BCUT2D eigenvalue weighted by molar-refractivity contribution is 5.83. The van der Waals surface area contributed by atoms with Crippen molar-refractivity contribution < 1.29 is 18.3 Å². The number of benzene rings is 2. The smallest absolute Gasteiger partial charge is 0.246 e. The van der Waals surface area contributed by atoms with E-state index < -0.39 is 5.82 Å². The largest absolute Gasteiger partial charge is 0.432 e. The van der Waals surface area contributed by atoms with Crippen molar-refractivity contribution >= 4 is 11.1 Å². The number of pyridine rings is 1. The highest BCUT2D eigenvalue weighted by Crippen LogP contribution is 2.42. The summed E-state index contributed by atoms with van der Waals surface area (Å²) in [6, 6.07) is 11.7. The maximum absolute atomic E-state index is 15.1. The zero-order chi connectivity index (χ0) is 27.4. The van der Waals surface area contributed by atoms with Crippen molar-refractivity contribution in [2.24, 2.45) is 7.05 Å². The van der Waals surface area contributed by atoms with Gasteiger partial charge in [0.25, 0.3) is 0 Å². The Bertz CT molecular complexity index is 1730. The van der Waals surface area contributed by atoms with Gasteiger partial charge in [0.15, 0.2) is 17.2 Å². The van der Waals surface area contributed by atoms with E-state index in [0.717, 1.165) is 54.5 Å². The molecule has 0 aliphatic heterocycles. The second-order valence-electron chi connectivity index (χ2n) is 10.8. The zero-order valence-electron chi connectivity index (χ0n) is 21.9. The molecule has 5 aromatic rings. The maximum Gasteiger partial charge on any atom is 0.246 e. The van der Waals surface area contributed by atoms with Crippen LogP contribution in [-0.4, -0.2) is 42.0 Å². The van der Waals surface area contributed by atoms with E-state index >= 15 is 4.39 Å². The number of aliphatic hydroxyl groups excluding tert-OH is 1. The first kappa shape index (κ1) is 25.0. The van der Waals surface area contributed by atoms with Gasteiger partial charge < -0.3 is 19.4 Å². The molecule has 40 heavy (non-hydrogen) atoms. The molecule has 2 aliphatic carbocycles. The summed E-state index contributed by atoms with van der Waals surface area (Å²) in [4.78, 5) is 9.46. The molecular formula is C30H28F2N6O2. The van der Waals surface area contributed by atoms with E-state index in [-0.39, 0.29) is 29.4 Å². The van der Waals surface area contributed by atoms with Gasteiger partial charge in [0.1, 0.15) is 23.4 Å². The predicted molar refractivity (Wildman–Crippen MR) is 145 cm³/mol. The van der Waals surface area contributed by atoms with Gasteiger partial charge in [-0.3, -0.25) is 0 Å². The van der Waals surface area contributed by atoms with E-state index in [2.05, 4.69) is 20.5 Å². The van der Waals surface area contributed by atoms with E-state index in [0.29, 0.717) is 35.1 Å². The van der Waals surface area contributed by atoms with Gasteiger partial charge in [-0.1, -0.05) is 6.07 Å². The van der Waals surface area contributed by atoms with Crippen molar-refractivity contribution in [2.75, 3.05) is 0 Å². The number of halogens is 2. The standard InChI is InChI=1S/C30H28F2N6O2/c1-38-15-34-37-29(38)21-13-19(31)7-8-20(21)18-11-24(17-5-6-17)35-26(12-18)30-36-25-10-16(9-22(32)28(25)40-30)14-33-23-3-2-4-27(23)39/h7-13,15,17,23,27,33,39H,2-6,14H2,1H3/t23-,27+/m1/s1. The summed E-state index contributed by atoms with van der Waals surface area (Å²) in [5.74, 6) is 0.205. The van der Waals surface area contributed by atoms with E-state index in [1.807, 2.05) is 19.2 Å². The quantitative estimate of drug-likeness (QED) is 0.280. The molecule has 2 aromatic carbocycles. The lowest BCUT2D eigenvalue weighted by atomic mass is 9.97. The van der Waals surface area contributed by atoms with Crippen molar-refractivity contribution in [3.8, 4) is 34.1 Å². The summed E-state index contributed by atoms with van der Waals surface area (Å²) >= 11 is 0. The molecule has 0 saturated heterocycles. The topological polar surface area (TPSA) is 102 Å². The molecule has 0 unspecified atom stereocenters. The molecule has 0 bridgehead atoms. The van der Waals surface area contributed by atoms with Crippen LogP contribution in [0.4, 0.5) is 8.78 Å². The van der Waals surface area contributed by atoms with E-state index in [1.54, 1.807) is 23.0 Å². The summed E-state index contributed by atoms with van der Waals surface area (Å²) in [6.45, 7) is 0.422. The van der Waals surface area contributed by atoms with E-state index in [4.69, 9.17) is 9.40 Å². The Morgan fingerprint density at radius 3 is 2.65 bits per heavy atom. The van der Waals surface area contributed by atoms with Crippen LogP contribution in [0.2, 0.25) is 0 Å². The van der Waals surface area contributed by atoms with Crippen LogP contribution in [0.25, 0.3) is 45.2 Å². The monoisotopic (exact) mass is 542 g/mol. The fourth-order valence-corrected chi connectivity index (χ4v) is 5.57. The lowest BCUT2D eigenvalue weighted by molar-refractivity contribution is 0.148. The number of nitrogens with zero attached hydrogens (tertiary/aromatic N) is 5. The third kappa shape index (κ3) is 4.67. The molecule has 2 aliphatic rings. The summed E-state index contributed by atoms with van der Waals surface area (Å²) in [5.41, 5.74) is 4.76. The Kier molecular flexibility index (Phi) is 6.16. The van der Waals surface area contributed by atoms with Gasteiger partial charge in [-0.15, -0.1) is 10.2 Å². The number of oxazole rings is 1. The molecular weight excluding hydrogens is 514 g/mol. The SMILES string of the molecule is Cn1cnnc1-c1cc(F)ccc1-c1cc(-c2nc3cc(CN[C@@H]4CCC[C@@H]4O)cc(F)c3o2)nc(C2CC2)c1. The number of aromatic nitrogens is 5. The average molecular weight is 543 g/mol. The molecule has 0 radical (unpaired) electrons. The molecule has 3 aromatic heterocycles. The molecule has 7 rings (SSSR count). The minimum atomic E-state index is -0.498. The van der Waals surface area contributed by atoms with Gasteiger partial charge in [0, 0.05) is 36.8 Å². The number of aliphatic hydroxyl groups is 1. The first-order valence-electron chi connectivity index (χ1n) is 13.6. The van der Waals surface area contributed by atoms with Crippen LogP contribution in [0.15, 0.2) is 53.2 Å². The Morgan fingerprint density at radius 1 is 1.02 bits per heavy atom. The fraction of sp³-hybridized carbons (Fsp3) is 0.333. The van der Waals surface area contributed by atoms with Crippen LogP contribution in [0.5, 0.6) is 0 Å². The van der Waals surface area contributed by atoms with Gasteiger partial charge in [-0.05, 0) is 85.2 Å². The van der Waals surface area contributed by atoms with Crippen LogP contribution in [0.3, 0.4) is 0 Å². The summed E-state index contributed by atoms with van der Waals surface area (Å²) in [5, 5.41) is 21.6. The lowest BCUT2D eigenvalue weighted by Gasteiger charge is -2.16. The van der Waals surface area contributed by atoms with Crippen LogP contribution < -0.4 is 5.32 Å². The third-order valence-electron chi connectivity index (χ3n) is 7.86. The number of fused-ring (bicyclic) bond motifs is 1. The molecule has 2 atom stereocenters. The second kappa shape index (κ2) is 9.87. The normalized spacial score (nSPS) is 19.1. The molecule has 10 heteroatoms. The van der Waals surface area contributed by atoms with Crippen molar-refractivity contribution in [1.82, 2.24) is 30.0 Å². The van der Waals surface area contributed by atoms with Gasteiger partial charge in [0.05, 0.1) is 6.10 Å².